The summed E-state index contributed by atoms with van der Waals surface area (Å²) in [5, 5.41) is 3.28. The second kappa shape index (κ2) is 6.75. The Morgan fingerprint density at radius 1 is 1.05 bits per heavy atom. The van der Waals surface area contributed by atoms with Gasteiger partial charge in [-0.15, -0.1) is 0 Å². The number of rotatable bonds is 6. The minimum Gasteiger partial charge on any atom is -0.497 e. The van der Waals surface area contributed by atoms with E-state index in [1.807, 2.05) is 31.2 Å². The van der Waals surface area contributed by atoms with E-state index in [4.69, 9.17) is 9.47 Å². The Kier molecular flexibility index (Phi) is 4.76. The number of aryl methyl sites for hydroxylation is 1. The van der Waals surface area contributed by atoms with Crippen molar-refractivity contribution in [2.75, 3.05) is 19.5 Å². The highest BCUT2D eigenvalue weighted by Crippen LogP contribution is 2.16. The lowest BCUT2D eigenvalue weighted by Gasteiger charge is -2.09. The Balaban J connectivity index is 2.05. The van der Waals surface area contributed by atoms with Gasteiger partial charge < -0.3 is 14.8 Å². The molecule has 0 saturated heterocycles. The van der Waals surface area contributed by atoms with E-state index in [1.165, 1.54) is 0 Å². The van der Waals surface area contributed by atoms with Crippen molar-refractivity contribution in [2.45, 2.75) is 19.9 Å². The SMILES string of the molecule is CCc1nc(NCc2ccc(OC)cc2)cc(OC)n1. The number of hydrogen-bond acceptors (Lipinski definition) is 5. The van der Waals surface area contributed by atoms with E-state index < -0.39 is 0 Å². The number of aromatic nitrogens is 2. The predicted molar refractivity (Wildman–Crippen MR) is 78.3 cm³/mol. The summed E-state index contributed by atoms with van der Waals surface area (Å²) in [4.78, 5) is 8.68. The van der Waals surface area contributed by atoms with Crippen molar-refractivity contribution >= 4 is 5.82 Å². The number of nitrogens with one attached hydrogen (secondary N) is 1. The minimum atomic E-state index is 0.578. The molecule has 0 radical (unpaired) electrons. The van der Waals surface area contributed by atoms with Gasteiger partial charge in [-0.2, -0.15) is 4.98 Å². The maximum Gasteiger partial charge on any atom is 0.218 e. The molecular formula is C15H19N3O2. The van der Waals surface area contributed by atoms with Gasteiger partial charge in [-0.05, 0) is 17.7 Å². The molecule has 1 aromatic carbocycles. The molecule has 0 atom stereocenters. The molecule has 0 fully saturated rings. The average Bonchev–Trinajstić information content (AvgIpc) is 2.53. The van der Waals surface area contributed by atoms with Crippen LogP contribution in [0.5, 0.6) is 11.6 Å². The van der Waals surface area contributed by atoms with Crippen LogP contribution >= 0.6 is 0 Å². The van der Waals surface area contributed by atoms with Crippen molar-refractivity contribution in [3.8, 4) is 11.6 Å². The van der Waals surface area contributed by atoms with Crippen molar-refractivity contribution in [1.29, 1.82) is 0 Å². The molecule has 0 bridgehead atoms. The quantitative estimate of drug-likeness (QED) is 0.877. The van der Waals surface area contributed by atoms with E-state index in [2.05, 4.69) is 15.3 Å². The first-order valence-corrected chi connectivity index (χ1v) is 6.54. The molecular weight excluding hydrogens is 254 g/mol. The van der Waals surface area contributed by atoms with E-state index in [0.29, 0.717) is 12.4 Å². The fourth-order valence-corrected chi connectivity index (χ4v) is 1.76. The van der Waals surface area contributed by atoms with Crippen LogP contribution in [-0.4, -0.2) is 24.2 Å². The molecule has 0 aliphatic carbocycles. The Morgan fingerprint density at radius 3 is 2.40 bits per heavy atom. The lowest BCUT2D eigenvalue weighted by Crippen LogP contribution is -2.05. The summed E-state index contributed by atoms with van der Waals surface area (Å²) in [6.07, 6.45) is 0.772. The van der Waals surface area contributed by atoms with E-state index >= 15 is 0 Å². The zero-order valence-electron chi connectivity index (χ0n) is 12.0. The maximum absolute atomic E-state index is 5.17. The summed E-state index contributed by atoms with van der Waals surface area (Å²) < 4.78 is 10.3. The molecule has 0 saturated carbocycles. The van der Waals surface area contributed by atoms with Crippen molar-refractivity contribution in [2.24, 2.45) is 0 Å². The topological polar surface area (TPSA) is 56.3 Å². The summed E-state index contributed by atoms with van der Waals surface area (Å²) in [7, 11) is 3.27. The first-order chi connectivity index (χ1) is 9.75. The highest BCUT2D eigenvalue weighted by Gasteiger charge is 2.03. The second-order valence-corrected chi connectivity index (χ2v) is 4.27. The van der Waals surface area contributed by atoms with Crippen molar-refractivity contribution < 1.29 is 9.47 Å². The van der Waals surface area contributed by atoms with Crippen LogP contribution in [0.15, 0.2) is 30.3 Å². The number of hydrogen-bond donors (Lipinski definition) is 1. The molecule has 1 heterocycles. The number of benzene rings is 1. The fraction of sp³-hybridized carbons (Fsp3) is 0.333. The standard InChI is InChI=1S/C15H19N3O2/c1-4-13-17-14(9-15(18-13)20-3)16-10-11-5-7-12(19-2)8-6-11/h5-9H,4,10H2,1-3H3,(H,16,17,18). The predicted octanol–water partition coefficient (Wildman–Crippen LogP) is 2.67. The monoisotopic (exact) mass is 273 g/mol. The van der Waals surface area contributed by atoms with Crippen LogP contribution < -0.4 is 14.8 Å². The third kappa shape index (κ3) is 3.60. The highest BCUT2D eigenvalue weighted by molar-refractivity contribution is 5.40. The molecule has 2 rings (SSSR count). The Hall–Kier alpha value is -2.30. The van der Waals surface area contributed by atoms with Crippen LogP contribution in [0.4, 0.5) is 5.82 Å². The summed E-state index contributed by atoms with van der Waals surface area (Å²) in [5.41, 5.74) is 1.15. The van der Waals surface area contributed by atoms with Gasteiger partial charge in [0.25, 0.3) is 0 Å². The van der Waals surface area contributed by atoms with Gasteiger partial charge in [0.05, 0.1) is 14.2 Å². The van der Waals surface area contributed by atoms with Gasteiger partial charge in [0, 0.05) is 19.0 Å². The molecule has 1 N–H and O–H groups in total. The largest absolute Gasteiger partial charge is 0.497 e. The lowest BCUT2D eigenvalue weighted by atomic mass is 10.2. The molecule has 20 heavy (non-hydrogen) atoms. The normalized spacial score (nSPS) is 10.2. The van der Waals surface area contributed by atoms with Gasteiger partial charge in [0.2, 0.25) is 5.88 Å². The summed E-state index contributed by atoms with van der Waals surface area (Å²) in [6.45, 7) is 2.70. The maximum atomic E-state index is 5.17. The smallest absolute Gasteiger partial charge is 0.218 e. The van der Waals surface area contributed by atoms with Crippen LogP contribution in [0, 0.1) is 0 Å². The summed E-state index contributed by atoms with van der Waals surface area (Å²) in [6, 6.07) is 9.71. The van der Waals surface area contributed by atoms with Gasteiger partial charge in [-0.25, -0.2) is 4.98 Å². The highest BCUT2D eigenvalue weighted by atomic mass is 16.5. The molecule has 5 heteroatoms. The van der Waals surface area contributed by atoms with Crippen molar-refractivity contribution in [1.82, 2.24) is 9.97 Å². The number of nitrogens with zero attached hydrogens (tertiary/aromatic N) is 2. The zero-order valence-corrected chi connectivity index (χ0v) is 12.0. The van der Waals surface area contributed by atoms with Gasteiger partial charge in [0.1, 0.15) is 17.4 Å². The van der Waals surface area contributed by atoms with Gasteiger partial charge >= 0.3 is 0 Å². The average molecular weight is 273 g/mol. The third-order valence-electron chi connectivity index (χ3n) is 2.91. The van der Waals surface area contributed by atoms with E-state index in [1.54, 1.807) is 20.3 Å². The van der Waals surface area contributed by atoms with Crippen LogP contribution in [0.3, 0.4) is 0 Å². The minimum absolute atomic E-state index is 0.578. The first-order valence-electron chi connectivity index (χ1n) is 6.54. The summed E-state index contributed by atoms with van der Waals surface area (Å²) in [5.74, 6) is 2.96. The second-order valence-electron chi connectivity index (χ2n) is 4.27. The van der Waals surface area contributed by atoms with Gasteiger partial charge in [-0.1, -0.05) is 19.1 Å². The Labute approximate surface area is 119 Å². The molecule has 0 spiro atoms. The van der Waals surface area contributed by atoms with Crippen LogP contribution in [0.1, 0.15) is 18.3 Å². The number of methoxy groups -OCH3 is 2. The third-order valence-corrected chi connectivity index (χ3v) is 2.91. The van der Waals surface area contributed by atoms with E-state index in [0.717, 1.165) is 29.4 Å². The van der Waals surface area contributed by atoms with Gasteiger partial charge in [-0.3, -0.25) is 0 Å². The van der Waals surface area contributed by atoms with Crippen LogP contribution in [0.2, 0.25) is 0 Å². The van der Waals surface area contributed by atoms with Gasteiger partial charge in [0.15, 0.2) is 0 Å². The van der Waals surface area contributed by atoms with Crippen LogP contribution in [-0.2, 0) is 13.0 Å². The molecule has 0 unspecified atom stereocenters. The molecule has 2 aromatic rings. The molecule has 1 aromatic heterocycles. The molecule has 0 aliphatic heterocycles. The van der Waals surface area contributed by atoms with E-state index in [9.17, 15) is 0 Å². The van der Waals surface area contributed by atoms with Crippen molar-refractivity contribution in [3.63, 3.8) is 0 Å². The molecule has 5 nitrogen and oxygen atoms in total. The van der Waals surface area contributed by atoms with Crippen molar-refractivity contribution in [3.05, 3.63) is 41.7 Å². The molecule has 0 amide bonds. The Morgan fingerprint density at radius 2 is 1.80 bits per heavy atom. The first kappa shape index (κ1) is 14.1. The lowest BCUT2D eigenvalue weighted by molar-refractivity contribution is 0.395. The molecule has 106 valence electrons. The fourth-order valence-electron chi connectivity index (χ4n) is 1.76. The number of anilines is 1. The molecule has 0 aliphatic rings. The van der Waals surface area contributed by atoms with E-state index in [-0.39, 0.29) is 0 Å². The summed E-state index contributed by atoms with van der Waals surface area (Å²) >= 11 is 0. The Bertz CT molecular complexity index is 533. The van der Waals surface area contributed by atoms with Crippen LogP contribution in [0.25, 0.3) is 0 Å². The number of ether oxygens (including phenoxy) is 2. The zero-order chi connectivity index (χ0) is 14.4.